The summed E-state index contributed by atoms with van der Waals surface area (Å²) >= 11 is 0. The Bertz CT molecular complexity index is 452. The van der Waals surface area contributed by atoms with Crippen molar-refractivity contribution < 1.29 is 9.53 Å². The van der Waals surface area contributed by atoms with E-state index < -0.39 is 5.41 Å². The van der Waals surface area contributed by atoms with E-state index in [4.69, 9.17) is 4.74 Å². The van der Waals surface area contributed by atoms with Crippen LogP contribution in [0.2, 0.25) is 0 Å². The number of esters is 1. The van der Waals surface area contributed by atoms with Crippen molar-refractivity contribution in [2.75, 3.05) is 6.61 Å². The highest BCUT2D eigenvalue weighted by Gasteiger charge is 2.23. The Morgan fingerprint density at radius 3 is 2.43 bits per heavy atom. The van der Waals surface area contributed by atoms with Crippen LogP contribution >= 0.6 is 0 Å². The van der Waals surface area contributed by atoms with Crippen LogP contribution in [0.15, 0.2) is 42.0 Å². The quantitative estimate of drug-likeness (QED) is 0.525. The van der Waals surface area contributed by atoms with Gasteiger partial charge in [0.2, 0.25) is 0 Å². The minimum atomic E-state index is -0.429. The summed E-state index contributed by atoms with van der Waals surface area (Å²) in [6.07, 6.45) is 6.32. The topological polar surface area (TPSA) is 26.3 Å². The van der Waals surface area contributed by atoms with Crippen LogP contribution in [0.1, 0.15) is 52.5 Å². The number of allylic oxidation sites excluding steroid dienone is 1. The maximum Gasteiger partial charge on any atom is 0.311 e. The second kappa shape index (κ2) is 8.66. The minimum absolute atomic E-state index is 0.132. The molecule has 2 nitrogen and oxygen atoms in total. The molecule has 0 fully saturated rings. The van der Waals surface area contributed by atoms with Crippen molar-refractivity contribution in [3.63, 3.8) is 0 Å². The molecule has 116 valence electrons. The van der Waals surface area contributed by atoms with Crippen LogP contribution in [-0.4, -0.2) is 12.6 Å². The fraction of sp³-hybridized carbons (Fsp3) is 0.526. The van der Waals surface area contributed by atoms with Crippen molar-refractivity contribution in [2.45, 2.75) is 53.4 Å². The molecule has 0 aliphatic carbocycles. The normalized spacial score (nSPS) is 12.3. The van der Waals surface area contributed by atoms with E-state index in [1.807, 2.05) is 26.8 Å². The molecule has 0 saturated heterocycles. The van der Waals surface area contributed by atoms with Gasteiger partial charge in [0.05, 0.1) is 5.41 Å². The molecule has 0 atom stereocenters. The van der Waals surface area contributed by atoms with Crippen LogP contribution in [0.3, 0.4) is 0 Å². The number of carbonyl (C=O) groups excluding carboxylic acids is 1. The highest BCUT2D eigenvalue weighted by Crippen LogP contribution is 2.17. The molecule has 2 heteroatoms. The maximum atomic E-state index is 11.8. The molecule has 0 N–H and O–H groups in total. The number of rotatable bonds is 7. The molecule has 1 aromatic rings. The first kappa shape index (κ1) is 17.5. The molecule has 1 rings (SSSR count). The molecule has 0 spiro atoms. The van der Waals surface area contributed by atoms with Gasteiger partial charge in [-0.15, -0.1) is 0 Å². The smallest absolute Gasteiger partial charge is 0.311 e. The van der Waals surface area contributed by atoms with Crippen molar-refractivity contribution >= 4 is 5.97 Å². The van der Waals surface area contributed by atoms with Crippen LogP contribution in [0.5, 0.6) is 0 Å². The molecule has 0 saturated carbocycles. The average Bonchev–Trinajstić information content (AvgIpc) is 2.44. The predicted molar refractivity (Wildman–Crippen MR) is 88.2 cm³/mol. The van der Waals surface area contributed by atoms with E-state index in [0.29, 0.717) is 6.61 Å². The molecule has 0 aromatic heterocycles. The third-order valence-electron chi connectivity index (χ3n) is 3.28. The van der Waals surface area contributed by atoms with E-state index in [1.165, 1.54) is 11.1 Å². The van der Waals surface area contributed by atoms with E-state index in [0.717, 1.165) is 25.7 Å². The number of benzene rings is 1. The molecule has 0 amide bonds. The van der Waals surface area contributed by atoms with Gasteiger partial charge in [-0.3, -0.25) is 4.79 Å². The average molecular weight is 288 g/mol. The number of hydrogen-bond donors (Lipinski definition) is 0. The van der Waals surface area contributed by atoms with Gasteiger partial charge in [-0.1, -0.05) is 49.8 Å². The molecule has 1 aromatic carbocycles. The van der Waals surface area contributed by atoms with Crippen LogP contribution in [0.4, 0.5) is 0 Å². The lowest BCUT2D eigenvalue weighted by molar-refractivity contribution is -0.151. The third-order valence-corrected chi connectivity index (χ3v) is 3.28. The number of ether oxygens (including phenoxy) is 1. The summed E-state index contributed by atoms with van der Waals surface area (Å²) < 4.78 is 5.42. The largest absolute Gasteiger partial charge is 0.461 e. The lowest BCUT2D eigenvalue weighted by Gasteiger charge is -2.17. The Labute approximate surface area is 129 Å². The minimum Gasteiger partial charge on any atom is -0.461 e. The van der Waals surface area contributed by atoms with Gasteiger partial charge in [-0.2, -0.15) is 0 Å². The van der Waals surface area contributed by atoms with Crippen molar-refractivity contribution in [1.29, 1.82) is 0 Å². The van der Waals surface area contributed by atoms with E-state index >= 15 is 0 Å². The number of carbonyl (C=O) groups is 1. The lowest BCUT2D eigenvalue weighted by atomic mass is 9.97. The first-order chi connectivity index (χ1) is 9.93. The second-order valence-corrected chi connectivity index (χ2v) is 6.46. The Kier molecular flexibility index (Phi) is 7.21. The molecular formula is C19H28O2. The van der Waals surface area contributed by atoms with Crippen LogP contribution in [0.25, 0.3) is 0 Å². The van der Waals surface area contributed by atoms with Crippen molar-refractivity contribution in [3.05, 3.63) is 47.5 Å². The van der Waals surface area contributed by atoms with E-state index in [9.17, 15) is 4.79 Å². The van der Waals surface area contributed by atoms with E-state index in [2.05, 4.69) is 37.3 Å². The number of aryl methyl sites for hydroxylation is 1. The third kappa shape index (κ3) is 7.12. The molecule has 0 aliphatic rings. The van der Waals surface area contributed by atoms with E-state index in [-0.39, 0.29) is 5.97 Å². The van der Waals surface area contributed by atoms with Crippen LogP contribution in [-0.2, 0) is 16.0 Å². The molecular weight excluding hydrogens is 260 g/mol. The lowest BCUT2D eigenvalue weighted by Crippen LogP contribution is -2.23. The number of hydrogen-bond acceptors (Lipinski definition) is 2. The Hall–Kier alpha value is -1.57. The summed E-state index contributed by atoms with van der Waals surface area (Å²) in [5.74, 6) is -0.132. The summed E-state index contributed by atoms with van der Waals surface area (Å²) in [5, 5.41) is 0. The zero-order valence-electron chi connectivity index (χ0n) is 13.8. The van der Waals surface area contributed by atoms with Gasteiger partial charge in [0, 0.05) is 0 Å². The second-order valence-electron chi connectivity index (χ2n) is 6.46. The molecule has 0 aliphatic heterocycles. The zero-order chi connectivity index (χ0) is 15.7. The summed E-state index contributed by atoms with van der Waals surface area (Å²) in [4.78, 5) is 11.8. The summed E-state index contributed by atoms with van der Waals surface area (Å²) in [7, 11) is 0. The van der Waals surface area contributed by atoms with Gasteiger partial charge in [0.1, 0.15) is 6.61 Å². The monoisotopic (exact) mass is 288 g/mol. The van der Waals surface area contributed by atoms with Crippen LogP contribution < -0.4 is 0 Å². The highest BCUT2D eigenvalue weighted by atomic mass is 16.5. The summed E-state index contributed by atoms with van der Waals surface area (Å²) in [5.41, 5.74) is 2.14. The summed E-state index contributed by atoms with van der Waals surface area (Å²) in [6, 6.07) is 10.5. The van der Waals surface area contributed by atoms with Crippen molar-refractivity contribution in [3.8, 4) is 0 Å². The van der Waals surface area contributed by atoms with E-state index in [1.54, 1.807) is 0 Å². The van der Waals surface area contributed by atoms with Gasteiger partial charge < -0.3 is 4.74 Å². The van der Waals surface area contributed by atoms with Gasteiger partial charge in [0.15, 0.2) is 0 Å². The van der Waals surface area contributed by atoms with Gasteiger partial charge in [-0.05, 0) is 51.2 Å². The first-order valence-electron chi connectivity index (χ1n) is 7.82. The van der Waals surface area contributed by atoms with Gasteiger partial charge >= 0.3 is 5.97 Å². The Balaban J connectivity index is 2.48. The molecule has 0 heterocycles. The standard InChI is InChI=1S/C19H28O2/c1-5-10-17(15-21-18(20)19(2,3)4)14-9-13-16-11-7-6-8-12-16/h6-8,11-12,14H,5,9-10,13,15H2,1-4H3/b17-14-. The van der Waals surface area contributed by atoms with Crippen molar-refractivity contribution in [2.24, 2.45) is 5.41 Å². The SMILES string of the molecule is CCC/C(=C/CCc1ccccc1)COC(=O)C(C)(C)C. The van der Waals surface area contributed by atoms with Gasteiger partial charge in [0.25, 0.3) is 0 Å². The molecule has 0 radical (unpaired) electrons. The first-order valence-corrected chi connectivity index (χ1v) is 7.82. The predicted octanol–water partition coefficient (Wildman–Crippen LogP) is 4.94. The van der Waals surface area contributed by atoms with Gasteiger partial charge in [-0.25, -0.2) is 0 Å². The maximum absolute atomic E-state index is 11.8. The summed E-state index contributed by atoms with van der Waals surface area (Å²) in [6.45, 7) is 8.23. The molecule has 0 bridgehead atoms. The van der Waals surface area contributed by atoms with Crippen molar-refractivity contribution in [1.82, 2.24) is 0 Å². The Morgan fingerprint density at radius 2 is 1.86 bits per heavy atom. The fourth-order valence-electron chi connectivity index (χ4n) is 2.02. The molecule has 21 heavy (non-hydrogen) atoms. The zero-order valence-corrected chi connectivity index (χ0v) is 13.8. The highest BCUT2D eigenvalue weighted by molar-refractivity contribution is 5.75. The fourth-order valence-corrected chi connectivity index (χ4v) is 2.02. The van der Waals surface area contributed by atoms with Crippen LogP contribution in [0, 0.1) is 5.41 Å². The molecule has 0 unspecified atom stereocenters. The Morgan fingerprint density at radius 1 is 1.19 bits per heavy atom.